The summed E-state index contributed by atoms with van der Waals surface area (Å²) in [5.41, 5.74) is 0.758. The zero-order chi connectivity index (χ0) is 13.7. The van der Waals surface area contributed by atoms with E-state index in [2.05, 4.69) is 15.5 Å². The molecule has 2 rings (SSSR count). The number of carbonyl (C=O) groups excluding carboxylic acids is 1. The average molecular weight is 287 g/mol. The van der Waals surface area contributed by atoms with Crippen LogP contribution in [-0.2, 0) is 12.3 Å². The van der Waals surface area contributed by atoms with Gasteiger partial charge in [-0.15, -0.1) is 0 Å². The summed E-state index contributed by atoms with van der Waals surface area (Å²) >= 11 is 0.449. The zero-order valence-electron chi connectivity index (χ0n) is 9.73. The number of nitrogens with one attached hydrogen (secondary N) is 2. The monoisotopic (exact) mass is 287 g/mol. The van der Waals surface area contributed by atoms with Crippen LogP contribution in [0.2, 0.25) is 0 Å². The molecule has 0 aromatic carbocycles. The fourth-order valence-electron chi connectivity index (χ4n) is 1.37. The summed E-state index contributed by atoms with van der Waals surface area (Å²) in [6, 6.07) is 4.71. The van der Waals surface area contributed by atoms with Crippen LogP contribution < -0.4 is 5.32 Å². The van der Waals surface area contributed by atoms with E-state index in [1.807, 2.05) is 0 Å². The number of hydrogen-bond acceptors (Lipinski definition) is 4. The molecule has 2 aromatic rings. The summed E-state index contributed by atoms with van der Waals surface area (Å²) in [5.74, 6) is -2.38. The van der Waals surface area contributed by atoms with Gasteiger partial charge in [-0.1, -0.05) is 11.8 Å². The van der Waals surface area contributed by atoms with E-state index in [0.717, 1.165) is 5.69 Å². The molecule has 0 unspecified atom stereocenters. The van der Waals surface area contributed by atoms with Gasteiger partial charge in [0.15, 0.2) is 5.76 Å². The zero-order valence-corrected chi connectivity index (χ0v) is 10.5. The summed E-state index contributed by atoms with van der Waals surface area (Å²) in [6.45, 7) is 0.292. The number of alkyl halides is 2. The Morgan fingerprint density at radius 2 is 2.32 bits per heavy atom. The molecule has 0 fully saturated rings. The highest BCUT2D eigenvalue weighted by molar-refractivity contribution is 7.98. The standard InChI is InChI=1S/C11H11F2N3O2S/c12-11(13)19-6-8-1-2-9(18-8)10(17)14-5-7-3-4-15-16-7/h1-4,11H,5-6H2,(H,14,17)(H,15,16). The van der Waals surface area contributed by atoms with Crippen LogP contribution in [-0.4, -0.2) is 21.9 Å². The number of furan rings is 1. The summed E-state index contributed by atoms with van der Waals surface area (Å²) in [6.07, 6.45) is 1.58. The van der Waals surface area contributed by atoms with Crippen molar-refractivity contribution in [1.29, 1.82) is 0 Å². The first-order valence-corrected chi connectivity index (χ1v) is 6.45. The summed E-state index contributed by atoms with van der Waals surface area (Å²) in [5, 5.41) is 9.06. The number of H-pyrrole nitrogens is 1. The number of halogens is 2. The SMILES string of the molecule is O=C(NCc1ccn[nH]1)c1ccc(CSC(F)F)o1. The van der Waals surface area contributed by atoms with Crippen molar-refractivity contribution in [3.05, 3.63) is 41.6 Å². The summed E-state index contributed by atoms with van der Waals surface area (Å²) < 4.78 is 29.2. The molecule has 2 heterocycles. The van der Waals surface area contributed by atoms with Gasteiger partial charge < -0.3 is 9.73 Å². The number of rotatable bonds is 6. The maximum Gasteiger partial charge on any atom is 0.287 e. The summed E-state index contributed by atoms with van der Waals surface area (Å²) in [4.78, 5) is 11.7. The first kappa shape index (κ1) is 13.6. The lowest BCUT2D eigenvalue weighted by atomic mass is 10.4. The highest BCUT2D eigenvalue weighted by atomic mass is 32.2. The lowest BCUT2D eigenvalue weighted by molar-refractivity contribution is 0.0921. The maximum atomic E-state index is 12.0. The molecule has 1 amide bonds. The minimum atomic E-state index is -2.46. The summed E-state index contributed by atoms with van der Waals surface area (Å²) in [7, 11) is 0. The van der Waals surface area contributed by atoms with E-state index in [1.165, 1.54) is 12.1 Å². The van der Waals surface area contributed by atoms with Gasteiger partial charge in [0.1, 0.15) is 5.76 Å². The normalized spacial score (nSPS) is 10.9. The molecule has 0 atom stereocenters. The van der Waals surface area contributed by atoms with Crippen molar-refractivity contribution in [2.24, 2.45) is 0 Å². The largest absolute Gasteiger partial charge is 0.455 e. The van der Waals surface area contributed by atoms with Crippen LogP contribution >= 0.6 is 11.8 Å². The van der Waals surface area contributed by atoms with Crippen molar-refractivity contribution in [3.63, 3.8) is 0 Å². The van der Waals surface area contributed by atoms with Crippen molar-refractivity contribution in [3.8, 4) is 0 Å². The van der Waals surface area contributed by atoms with Gasteiger partial charge in [-0.3, -0.25) is 9.89 Å². The lowest BCUT2D eigenvalue weighted by Gasteiger charge is -2.00. The molecular weight excluding hydrogens is 276 g/mol. The second-order valence-electron chi connectivity index (χ2n) is 3.60. The minimum Gasteiger partial charge on any atom is -0.455 e. The van der Waals surface area contributed by atoms with Gasteiger partial charge in [0.05, 0.1) is 18.0 Å². The predicted octanol–water partition coefficient (Wildman–Crippen LogP) is 2.39. The number of carbonyl (C=O) groups is 1. The number of nitrogens with zero attached hydrogens (tertiary/aromatic N) is 1. The smallest absolute Gasteiger partial charge is 0.287 e. The molecule has 0 saturated heterocycles. The van der Waals surface area contributed by atoms with Crippen molar-refractivity contribution in [2.75, 3.05) is 0 Å². The van der Waals surface area contributed by atoms with E-state index in [9.17, 15) is 13.6 Å². The van der Waals surface area contributed by atoms with Crippen molar-refractivity contribution < 1.29 is 18.0 Å². The molecule has 0 aliphatic carbocycles. The average Bonchev–Trinajstić information content (AvgIpc) is 3.04. The molecule has 0 aliphatic rings. The first-order chi connectivity index (χ1) is 9.15. The molecule has 102 valence electrons. The van der Waals surface area contributed by atoms with Gasteiger partial charge in [0, 0.05) is 6.20 Å². The Morgan fingerprint density at radius 3 is 3.00 bits per heavy atom. The highest BCUT2D eigenvalue weighted by Crippen LogP contribution is 2.21. The van der Waals surface area contributed by atoms with Gasteiger partial charge in [-0.05, 0) is 18.2 Å². The molecule has 8 heteroatoms. The number of aromatic nitrogens is 2. The van der Waals surface area contributed by atoms with Crippen LogP contribution in [0, 0.1) is 0 Å². The van der Waals surface area contributed by atoms with E-state index in [-0.39, 0.29) is 11.5 Å². The van der Waals surface area contributed by atoms with E-state index < -0.39 is 11.7 Å². The predicted molar refractivity (Wildman–Crippen MR) is 65.8 cm³/mol. The van der Waals surface area contributed by atoms with Gasteiger partial charge >= 0.3 is 0 Å². The van der Waals surface area contributed by atoms with E-state index in [1.54, 1.807) is 12.3 Å². The van der Waals surface area contributed by atoms with Crippen molar-refractivity contribution >= 4 is 17.7 Å². The fourth-order valence-corrected chi connectivity index (χ4v) is 1.81. The van der Waals surface area contributed by atoms with E-state index in [0.29, 0.717) is 24.1 Å². The first-order valence-electron chi connectivity index (χ1n) is 5.40. The highest BCUT2D eigenvalue weighted by Gasteiger charge is 2.12. The Morgan fingerprint density at radius 1 is 1.47 bits per heavy atom. The van der Waals surface area contributed by atoms with Crippen molar-refractivity contribution in [2.45, 2.75) is 18.1 Å². The Bertz CT molecular complexity index is 528. The second kappa shape index (κ2) is 6.37. The molecule has 0 bridgehead atoms. The van der Waals surface area contributed by atoms with Crippen LogP contribution in [0.3, 0.4) is 0 Å². The Hall–Kier alpha value is -1.83. The van der Waals surface area contributed by atoms with Gasteiger partial charge in [0.2, 0.25) is 0 Å². The third-order valence-electron chi connectivity index (χ3n) is 2.23. The molecule has 2 aromatic heterocycles. The van der Waals surface area contributed by atoms with Crippen LogP contribution in [0.15, 0.2) is 28.8 Å². The Balaban J connectivity index is 1.85. The maximum absolute atomic E-state index is 12.0. The van der Waals surface area contributed by atoms with E-state index >= 15 is 0 Å². The molecule has 19 heavy (non-hydrogen) atoms. The lowest BCUT2D eigenvalue weighted by Crippen LogP contribution is -2.22. The topological polar surface area (TPSA) is 70.9 Å². The molecule has 0 saturated carbocycles. The van der Waals surface area contributed by atoms with Gasteiger partial charge in [0.25, 0.3) is 11.7 Å². The number of amides is 1. The van der Waals surface area contributed by atoms with Crippen LogP contribution in [0.25, 0.3) is 0 Å². The second-order valence-corrected chi connectivity index (χ2v) is 4.58. The Kier molecular flexibility index (Phi) is 4.56. The molecule has 5 nitrogen and oxygen atoms in total. The van der Waals surface area contributed by atoms with Crippen molar-refractivity contribution in [1.82, 2.24) is 15.5 Å². The van der Waals surface area contributed by atoms with Crippen LogP contribution in [0.5, 0.6) is 0 Å². The molecule has 2 N–H and O–H groups in total. The minimum absolute atomic E-state index is 0.0332. The quantitative estimate of drug-likeness (QED) is 0.855. The third kappa shape index (κ3) is 4.09. The molecule has 0 radical (unpaired) electrons. The molecule has 0 aliphatic heterocycles. The van der Waals surface area contributed by atoms with Gasteiger partial charge in [-0.2, -0.15) is 13.9 Å². The third-order valence-corrected chi connectivity index (χ3v) is 2.94. The number of aromatic amines is 1. The van der Waals surface area contributed by atoms with Gasteiger partial charge in [-0.25, -0.2) is 0 Å². The number of hydrogen-bond donors (Lipinski definition) is 2. The molecule has 0 spiro atoms. The number of thioether (sulfide) groups is 1. The van der Waals surface area contributed by atoms with Crippen LogP contribution in [0.4, 0.5) is 8.78 Å². The van der Waals surface area contributed by atoms with Crippen LogP contribution in [0.1, 0.15) is 22.0 Å². The van der Waals surface area contributed by atoms with E-state index in [4.69, 9.17) is 4.42 Å². The fraction of sp³-hybridized carbons (Fsp3) is 0.273. The molecular formula is C11H11F2N3O2S. The Labute approximate surface area is 111 Å².